The molecule has 1 aliphatic heterocycles. The number of ether oxygens (including phenoxy) is 3. The second kappa shape index (κ2) is 9.04. The van der Waals surface area contributed by atoms with Gasteiger partial charge in [-0.2, -0.15) is 0 Å². The van der Waals surface area contributed by atoms with Gasteiger partial charge in [-0.15, -0.1) is 0 Å². The minimum absolute atomic E-state index is 0.176. The molecule has 0 aromatic heterocycles. The fraction of sp³-hybridized carbons (Fsp3) is 0.160. The highest BCUT2D eigenvalue weighted by molar-refractivity contribution is 6.35. The Morgan fingerprint density at radius 2 is 1.68 bits per heavy atom. The summed E-state index contributed by atoms with van der Waals surface area (Å²) in [5.41, 5.74) is 2.72. The first-order valence-corrected chi connectivity index (χ1v) is 10.6. The van der Waals surface area contributed by atoms with Crippen LogP contribution < -0.4 is 14.2 Å². The van der Waals surface area contributed by atoms with Gasteiger partial charge in [0.05, 0.1) is 12.2 Å². The number of para-hydroxylation sites is 1. The molecule has 0 radical (unpaired) electrons. The van der Waals surface area contributed by atoms with Gasteiger partial charge in [0, 0.05) is 26.7 Å². The smallest absolute Gasteiger partial charge is 0.231 e. The van der Waals surface area contributed by atoms with Crippen LogP contribution in [0.5, 0.6) is 17.2 Å². The normalized spacial score (nSPS) is 13.8. The standard InChI is InChI=1S/C25H20Cl2O4/c1-3-29-22-10-5-4-7-16(22)13-23-24(28)17-11-12-21(15(2)25(17)31-23)30-14-18-19(26)8-6-9-20(18)27/h4-13H,3,14H2,1-2H3/b23-13-. The quantitative estimate of drug-likeness (QED) is 0.380. The maximum Gasteiger partial charge on any atom is 0.231 e. The third-order valence-corrected chi connectivity index (χ3v) is 5.68. The van der Waals surface area contributed by atoms with E-state index in [4.69, 9.17) is 37.4 Å². The molecule has 0 aliphatic carbocycles. The van der Waals surface area contributed by atoms with Gasteiger partial charge < -0.3 is 14.2 Å². The molecule has 1 heterocycles. The first-order valence-electron chi connectivity index (χ1n) is 9.85. The topological polar surface area (TPSA) is 44.8 Å². The summed E-state index contributed by atoms with van der Waals surface area (Å²) in [6.45, 7) is 4.51. The van der Waals surface area contributed by atoms with E-state index in [1.807, 2.05) is 38.1 Å². The molecule has 3 aromatic carbocycles. The van der Waals surface area contributed by atoms with Crippen LogP contribution in [-0.4, -0.2) is 12.4 Å². The van der Waals surface area contributed by atoms with Gasteiger partial charge >= 0.3 is 0 Å². The molecule has 0 bridgehead atoms. The maximum atomic E-state index is 12.9. The lowest BCUT2D eigenvalue weighted by Crippen LogP contribution is -2.00. The monoisotopic (exact) mass is 454 g/mol. The minimum Gasteiger partial charge on any atom is -0.493 e. The number of ketones is 1. The van der Waals surface area contributed by atoms with Crippen molar-refractivity contribution in [3.8, 4) is 17.2 Å². The van der Waals surface area contributed by atoms with E-state index in [9.17, 15) is 4.79 Å². The number of carbonyl (C=O) groups is 1. The third kappa shape index (κ3) is 4.27. The van der Waals surface area contributed by atoms with Crippen LogP contribution >= 0.6 is 23.2 Å². The molecule has 158 valence electrons. The van der Waals surface area contributed by atoms with Crippen molar-refractivity contribution in [2.45, 2.75) is 20.5 Å². The van der Waals surface area contributed by atoms with Crippen LogP contribution in [-0.2, 0) is 6.61 Å². The summed E-state index contributed by atoms with van der Waals surface area (Å²) < 4.78 is 17.5. The number of allylic oxidation sites excluding steroid dienone is 1. The Hall–Kier alpha value is -2.95. The summed E-state index contributed by atoms with van der Waals surface area (Å²) in [5.74, 6) is 1.86. The molecular weight excluding hydrogens is 435 g/mol. The molecule has 3 aromatic rings. The third-order valence-electron chi connectivity index (χ3n) is 4.98. The van der Waals surface area contributed by atoms with E-state index in [2.05, 4.69) is 0 Å². The van der Waals surface area contributed by atoms with Gasteiger partial charge in [0.2, 0.25) is 5.78 Å². The fourth-order valence-corrected chi connectivity index (χ4v) is 3.88. The largest absolute Gasteiger partial charge is 0.493 e. The zero-order chi connectivity index (χ0) is 22.0. The molecule has 0 fully saturated rings. The lowest BCUT2D eigenvalue weighted by Gasteiger charge is -2.13. The number of hydrogen-bond donors (Lipinski definition) is 0. The van der Waals surface area contributed by atoms with Crippen LogP contribution in [0.4, 0.5) is 0 Å². The summed E-state index contributed by atoms with van der Waals surface area (Å²) in [5, 5.41) is 1.08. The number of Topliss-reactive ketones (excluding diaryl/α,β-unsaturated/α-hetero) is 1. The van der Waals surface area contributed by atoms with Gasteiger partial charge in [-0.05, 0) is 50.3 Å². The molecular formula is C25H20Cl2O4. The van der Waals surface area contributed by atoms with Gasteiger partial charge in [0.1, 0.15) is 23.9 Å². The Morgan fingerprint density at radius 3 is 2.42 bits per heavy atom. The summed E-state index contributed by atoms with van der Waals surface area (Å²) in [4.78, 5) is 12.9. The van der Waals surface area contributed by atoms with E-state index in [1.54, 1.807) is 36.4 Å². The van der Waals surface area contributed by atoms with Crippen LogP contribution in [0.2, 0.25) is 10.0 Å². The molecule has 0 saturated carbocycles. The molecule has 31 heavy (non-hydrogen) atoms. The van der Waals surface area contributed by atoms with Crippen molar-refractivity contribution in [1.29, 1.82) is 0 Å². The molecule has 0 atom stereocenters. The average molecular weight is 455 g/mol. The molecule has 4 rings (SSSR count). The maximum absolute atomic E-state index is 12.9. The average Bonchev–Trinajstić information content (AvgIpc) is 3.07. The number of halogens is 2. The van der Waals surface area contributed by atoms with Crippen LogP contribution in [0, 0.1) is 6.92 Å². The highest BCUT2D eigenvalue weighted by Gasteiger charge is 2.30. The van der Waals surface area contributed by atoms with Gasteiger partial charge in [-0.1, -0.05) is 47.5 Å². The van der Waals surface area contributed by atoms with Crippen LogP contribution in [0.3, 0.4) is 0 Å². The van der Waals surface area contributed by atoms with Crippen LogP contribution in [0.1, 0.15) is 34.0 Å². The Labute approximate surface area is 191 Å². The number of hydrogen-bond acceptors (Lipinski definition) is 4. The lowest BCUT2D eigenvalue weighted by atomic mass is 10.1. The molecule has 0 N–H and O–H groups in total. The summed E-state index contributed by atoms with van der Waals surface area (Å²) in [6, 6.07) is 16.3. The Balaban J connectivity index is 1.60. The van der Waals surface area contributed by atoms with Crippen molar-refractivity contribution in [2.75, 3.05) is 6.61 Å². The SMILES string of the molecule is CCOc1ccccc1/C=C1\Oc2c(ccc(OCc3c(Cl)cccc3Cl)c2C)C1=O. The summed E-state index contributed by atoms with van der Waals surface area (Å²) >= 11 is 12.5. The summed E-state index contributed by atoms with van der Waals surface area (Å²) in [6.07, 6.45) is 1.71. The van der Waals surface area contributed by atoms with E-state index in [0.29, 0.717) is 45.0 Å². The van der Waals surface area contributed by atoms with Crippen molar-refractivity contribution in [3.05, 3.63) is 92.7 Å². The van der Waals surface area contributed by atoms with E-state index in [1.165, 1.54) is 0 Å². The van der Waals surface area contributed by atoms with Crippen molar-refractivity contribution in [2.24, 2.45) is 0 Å². The molecule has 0 unspecified atom stereocenters. The van der Waals surface area contributed by atoms with E-state index < -0.39 is 0 Å². The first-order chi connectivity index (χ1) is 15.0. The zero-order valence-electron chi connectivity index (χ0n) is 17.1. The van der Waals surface area contributed by atoms with Gasteiger partial charge in [0.25, 0.3) is 0 Å². The van der Waals surface area contributed by atoms with Crippen LogP contribution in [0.15, 0.2) is 60.4 Å². The molecule has 6 heteroatoms. The summed E-state index contributed by atoms with van der Waals surface area (Å²) in [7, 11) is 0. The van der Waals surface area contributed by atoms with Crippen molar-refractivity contribution in [3.63, 3.8) is 0 Å². The highest BCUT2D eigenvalue weighted by atomic mass is 35.5. The van der Waals surface area contributed by atoms with Gasteiger partial charge in [-0.25, -0.2) is 0 Å². The van der Waals surface area contributed by atoms with Gasteiger partial charge in [-0.3, -0.25) is 4.79 Å². The predicted octanol–water partition coefficient (Wildman–Crippen LogP) is 6.90. The Bertz CT molecular complexity index is 1160. The molecule has 0 saturated heterocycles. The molecule has 0 spiro atoms. The fourth-order valence-electron chi connectivity index (χ4n) is 3.37. The minimum atomic E-state index is -0.176. The van der Waals surface area contributed by atoms with E-state index in [-0.39, 0.29) is 18.1 Å². The number of rotatable bonds is 6. The van der Waals surface area contributed by atoms with E-state index in [0.717, 1.165) is 11.1 Å². The second-order valence-corrected chi connectivity index (χ2v) is 7.78. The van der Waals surface area contributed by atoms with E-state index >= 15 is 0 Å². The number of benzene rings is 3. The second-order valence-electron chi connectivity index (χ2n) is 6.96. The van der Waals surface area contributed by atoms with Crippen molar-refractivity contribution in [1.82, 2.24) is 0 Å². The van der Waals surface area contributed by atoms with Crippen molar-refractivity contribution < 1.29 is 19.0 Å². The first kappa shape index (κ1) is 21.3. The molecule has 4 nitrogen and oxygen atoms in total. The number of carbonyl (C=O) groups excluding carboxylic acids is 1. The lowest BCUT2D eigenvalue weighted by molar-refractivity contribution is 0.101. The molecule has 0 amide bonds. The van der Waals surface area contributed by atoms with Gasteiger partial charge in [0.15, 0.2) is 5.76 Å². The Morgan fingerprint density at radius 1 is 0.935 bits per heavy atom. The highest BCUT2D eigenvalue weighted by Crippen LogP contribution is 2.40. The molecule has 1 aliphatic rings. The van der Waals surface area contributed by atoms with Crippen molar-refractivity contribution >= 4 is 35.1 Å². The Kier molecular flexibility index (Phi) is 6.21. The van der Waals surface area contributed by atoms with Crippen LogP contribution in [0.25, 0.3) is 6.08 Å². The zero-order valence-corrected chi connectivity index (χ0v) is 18.6. The number of fused-ring (bicyclic) bond motifs is 1. The predicted molar refractivity (Wildman–Crippen MR) is 123 cm³/mol.